The molecule has 0 N–H and O–H groups in total. The Labute approximate surface area is 130 Å². The van der Waals surface area contributed by atoms with E-state index in [2.05, 4.69) is 13.8 Å². The summed E-state index contributed by atoms with van der Waals surface area (Å²) >= 11 is 0. The first-order valence-electron chi connectivity index (χ1n) is 6.86. The Bertz CT molecular complexity index is 695. The zero-order valence-corrected chi connectivity index (χ0v) is 14.3. The van der Waals surface area contributed by atoms with Crippen molar-refractivity contribution in [2.75, 3.05) is 13.1 Å². The van der Waals surface area contributed by atoms with Crippen molar-refractivity contribution in [3.8, 4) is 0 Å². The average molecular weight is 330 g/mol. The Balaban J connectivity index is 2.44. The molecule has 4 nitrogen and oxygen atoms in total. The van der Waals surface area contributed by atoms with Gasteiger partial charge in [-0.2, -0.15) is 0 Å². The summed E-state index contributed by atoms with van der Waals surface area (Å²) in [6.45, 7) is 9.24. The van der Waals surface area contributed by atoms with Crippen LogP contribution in [0.4, 0.5) is 0 Å². The van der Waals surface area contributed by atoms with Gasteiger partial charge in [0.25, 0.3) is 15.0 Å². The van der Waals surface area contributed by atoms with Crippen molar-refractivity contribution >= 4 is 25.6 Å². The number of rotatable bonds is 2. The molecule has 1 fully saturated rings. The number of halogens is 1. The van der Waals surface area contributed by atoms with Gasteiger partial charge in [-0.15, -0.1) is 0 Å². The van der Waals surface area contributed by atoms with Crippen LogP contribution < -0.4 is 0 Å². The first-order valence-corrected chi connectivity index (χ1v) is 9.17. The van der Waals surface area contributed by atoms with E-state index < -0.39 is 9.05 Å². The zero-order valence-electron chi connectivity index (χ0n) is 12.7. The summed E-state index contributed by atoms with van der Waals surface area (Å²) in [5, 5.41) is 0. The van der Waals surface area contributed by atoms with Crippen molar-refractivity contribution in [1.29, 1.82) is 0 Å². The molecule has 2 rings (SSSR count). The number of nitrogens with zero attached hydrogens (tertiary/aromatic N) is 1. The highest BCUT2D eigenvalue weighted by Gasteiger charge is 2.33. The number of carbonyl (C=O) groups is 1. The fraction of sp³-hybridized carbons (Fsp3) is 0.533. The van der Waals surface area contributed by atoms with Gasteiger partial charge in [0, 0.05) is 29.3 Å². The highest BCUT2D eigenvalue weighted by atomic mass is 35.7. The van der Waals surface area contributed by atoms with E-state index >= 15 is 0 Å². The van der Waals surface area contributed by atoms with Crippen LogP contribution in [-0.2, 0) is 9.05 Å². The molecular formula is C15H20ClNO3S. The van der Waals surface area contributed by atoms with E-state index in [1.807, 2.05) is 6.92 Å². The third-order valence-electron chi connectivity index (χ3n) is 4.12. The zero-order chi connectivity index (χ0) is 16.0. The van der Waals surface area contributed by atoms with Gasteiger partial charge >= 0.3 is 0 Å². The molecule has 0 atom stereocenters. The van der Waals surface area contributed by atoms with Crippen LogP contribution in [0.15, 0.2) is 17.0 Å². The predicted molar refractivity (Wildman–Crippen MR) is 83.3 cm³/mol. The van der Waals surface area contributed by atoms with Gasteiger partial charge in [0.1, 0.15) is 0 Å². The first kappa shape index (κ1) is 16.3. The number of likely N-dealkylation sites (tertiary alicyclic amines) is 1. The minimum atomic E-state index is -3.84. The number of hydrogen-bond donors (Lipinski definition) is 0. The van der Waals surface area contributed by atoms with Crippen LogP contribution in [0.25, 0.3) is 0 Å². The standard InChI is InChI=1S/C15H20ClNO3S/c1-10-7-12(21(16,19)20)8-13(11(10)2)14(18)17-6-5-15(3,4)9-17/h7-8H,5-6,9H2,1-4H3. The van der Waals surface area contributed by atoms with Crippen LogP contribution in [0.1, 0.15) is 41.8 Å². The highest BCUT2D eigenvalue weighted by Crippen LogP contribution is 2.31. The molecule has 0 bridgehead atoms. The molecule has 0 unspecified atom stereocenters. The highest BCUT2D eigenvalue weighted by molar-refractivity contribution is 8.13. The Kier molecular flexibility index (Phi) is 4.10. The molecule has 1 heterocycles. The number of hydrogen-bond acceptors (Lipinski definition) is 3. The van der Waals surface area contributed by atoms with Crippen LogP contribution in [0.5, 0.6) is 0 Å². The van der Waals surface area contributed by atoms with Crippen molar-refractivity contribution in [2.45, 2.75) is 39.0 Å². The normalized spacial score (nSPS) is 18.0. The molecule has 0 aromatic heterocycles. The minimum Gasteiger partial charge on any atom is -0.338 e. The fourth-order valence-electron chi connectivity index (χ4n) is 2.65. The Hall–Kier alpha value is -1.07. The van der Waals surface area contributed by atoms with Crippen molar-refractivity contribution in [3.05, 3.63) is 28.8 Å². The van der Waals surface area contributed by atoms with Gasteiger partial charge in [-0.1, -0.05) is 13.8 Å². The molecule has 6 heteroatoms. The number of amides is 1. The lowest BCUT2D eigenvalue weighted by Crippen LogP contribution is -2.31. The van der Waals surface area contributed by atoms with Gasteiger partial charge in [0.2, 0.25) is 0 Å². The quantitative estimate of drug-likeness (QED) is 0.783. The fourth-order valence-corrected chi connectivity index (χ4v) is 3.49. The van der Waals surface area contributed by atoms with Gasteiger partial charge in [-0.25, -0.2) is 8.42 Å². The maximum absolute atomic E-state index is 12.7. The van der Waals surface area contributed by atoms with E-state index in [0.29, 0.717) is 18.7 Å². The van der Waals surface area contributed by atoms with Crippen molar-refractivity contribution in [1.82, 2.24) is 4.90 Å². The van der Waals surface area contributed by atoms with E-state index in [1.54, 1.807) is 11.8 Å². The van der Waals surface area contributed by atoms with E-state index in [1.165, 1.54) is 12.1 Å². The van der Waals surface area contributed by atoms with E-state index in [4.69, 9.17) is 10.7 Å². The van der Waals surface area contributed by atoms with Gasteiger partial charge in [-0.3, -0.25) is 4.79 Å². The summed E-state index contributed by atoms with van der Waals surface area (Å²) in [6.07, 6.45) is 0.949. The summed E-state index contributed by atoms with van der Waals surface area (Å²) in [6, 6.07) is 2.89. The monoisotopic (exact) mass is 329 g/mol. The third kappa shape index (κ3) is 3.40. The van der Waals surface area contributed by atoms with Crippen molar-refractivity contribution in [3.63, 3.8) is 0 Å². The smallest absolute Gasteiger partial charge is 0.261 e. The van der Waals surface area contributed by atoms with Gasteiger partial charge < -0.3 is 4.90 Å². The van der Waals surface area contributed by atoms with Crippen LogP contribution in [0.2, 0.25) is 0 Å². The second kappa shape index (κ2) is 5.29. The third-order valence-corrected chi connectivity index (χ3v) is 5.45. The second-order valence-electron chi connectivity index (χ2n) is 6.49. The lowest BCUT2D eigenvalue weighted by molar-refractivity contribution is 0.0777. The lowest BCUT2D eigenvalue weighted by Gasteiger charge is -2.21. The molecule has 1 amide bonds. The van der Waals surface area contributed by atoms with E-state index in [-0.39, 0.29) is 16.2 Å². The Morgan fingerprint density at radius 1 is 1.29 bits per heavy atom. The lowest BCUT2D eigenvalue weighted by atomic mass is 9.93. The number of carbonyl (C=O) groups excluding carboxylic acids is 1. The summed E-state index contributed by atoms with van der Waals surface area (Å²) in [4.78, 5) is 14.4. The van der Waals surface area contributed by atoms with Crippen molar-refractivity contribution < 1.29 is 13.2 Å². The molecule has 1 aliphatic heterocycles. The average Bonchev–Trinajstić information content (AvgIpc) is 2.71. The van der Waals surface area contributed by atoms with Gasteiger partial charge in [0.05, 0.1) is 4.90 Å². The summed E-state index contributed by atoms with van der Waals surface area (Å²) in [5.41, 5.74) is 2.08. The molecule has 0 radical (unpaired) electrons. The largest absolute Gasteiger partial charge is 0.338 e. The maximum atomic E-state index is 12.7. The topological polar surface area (TPSA) is 54.5 Å². The molecule has 116 valence electrons. The molecule has 0 aliphatic carbocycles. The first-order chi connectivity index (χ1) is 9.51. The summed E-state index contributed by atoms with van der Waals surface area (Å²) in [5.74, 6) is -0.122. The van der Waals surface area contributed by atoms with Crippen LogP contribution in [0, 0.1) is 19.3 Å². The molecule has 21 heavy (non-hydrogen) atoms. The molecule has 1 aliphatic rings. The molecule has 0 saturated carbocycles. The second-order valence-corrected chi connectivity index (χ2v) is 9.06. The Morgan fingerprint density at radius 2 is 1.90 bits per heavy atom. The number of benzene rings is 1. The van der Waals surface area contributed by atoms with Crippen LogP contribution >= 0.6 is 10.7 Å². The van der Waals surface area contributed by atoms with Gasteiger partial charge in [-0.05, 0) is 48.9 Å². The van der Waals surface area contributed by atoms with Crippen molar-refractivity contribution in [2.24, 2.45) is 5.41 Å². The SMILES string of the molecule is Cc1cc(S(=O)(=O)Cl)cc(C(=O)N2CCC(C)(C)C2)c1C. The van der Waals surface area contributed by atoms with Crippen LogP contribution in [-0.4, -0.2) is 32.3 Å². The number of aryl methyl sites for hydroxylation is 1. The predicted octanol–water partition coefficient (Wildman–Crippen LogP) is 3.10. The minimum absolute atomic E-state index is 0.0194. The Morgan fingerprint density at radius 3 is 2.38 bits per heavy atom. The molecular weight excluding hydrogens is 310 g/mol. The van der Waals surface area contributed by atoms with Crippen LogP contribution in [0.3, 0.4) is 0 Å². The molecule has 1 saturated heterocycles. The van der Waals surface area contributed by atoms with E-state index in [0.717, 1.165) is 17.5 Å². The summed E-state index contributed by atoms with van der Waals surface area (Å²) < 4.78 is 23.1. The van der Waals surface area contributed by atoms with Gasteiger partial charge in [0.15, 0.2) is 0 Å². The molecule has 1 aromatic carbocycles. The summed E-state index contributed by atoms with van der Waals surface area (Å²) in [7, 11) is 1.57. The van der Waals surface area contributed by atoms with E-state index in [9.17, 15) is 13.2 Å². The molecule has 1 aromatic rings. The molecule has 0 spiro atoms. The maximum Gasteiger partial charge on any atom is 0.261 e.